The number of nitrogens with zero attached hydrogens (tertiary/aromatic N) is 2. The van der Waals surface area contributed by atoms with Crippen molar-refractivity contribution in [2.45, 2.75) is 13.2 Å². The lowest BCUT2D eigenvalue weighted by Crippen LogP contribution is -2.05. The molecule has 3 aromatic carbocycles. The lowest BCUT2D eigenvalue weighted by atomic mass is 10.2. The van der Waals surface area contributed by atoms with E-state index >= 15 is 0 Å². The summed E-state index contributed by atoms with van der Waals surface area (Å²) in [6.45, 7) is 0.640. The molecular formula is C25H20BrN3O4. The molecule has 33 heavy (non-hydrogen) atoms. The molecule has 1 heterocycles. The van der Waals surface area contributed by atoms with Gasteiger partial charge in [-0.15, -0.1) is 0 Å². The minimum Gasteiger partial charge on any atom is -0.473 e. The molecule has 0 aliphatic rings. The maximum Gasteiger partial charge on any atom is 0.306 e. The van der Waals surface area contributed by atoms with Crippen LogP contribution in [0.2, 0.25) is 0 Å². The molecule has 1 N–H and O–H groups in total. The maximum absolute atomic E-state index is 11.6. The van der Waals surface area contributed by atoms with Crippen molar-refractivity contribution in [2.24, 2.45) is 0 Å². The monoisotopic (exact) mass is 505 g/mol. The second-order valence-corrected chi connectivity index (χ2v) is 7.92. The fourth-order valence-corrected chi connectivity index (χ4v) is 3.62. The van der Waals surface area contributed by atoms with E-state index in [2.05, 4.69) is 26.2 Å². The highest BCUT2D eigenvalue weighted by Crippen LogP contribution is 2.37. The van der Waals surface area contributed by atoms with Crippen molar-refractivity contribution < 1.29 is 14.4 Å². The van der Waals surface area contributed by atoms with Gasteiger partial charge in [0.25, 0.3) is 0 Å². The number of pyridine rings is 1. The van der Waals surface area contributed by atoms with Gasteiger partial charge in [0.15, 0.2) is 0 Å². The van der Waals surface area contributed by atoms with Crippen LogP contribution in [0.1, 0.15) is 11.1 Å². The summed E-state index contributed by atoms with van der Waals surface area (Å²) in [7, 11) is 0. The highest BCUT2D eigenvalue weighted by Gasteiger charge is 2.20. The predicted octanol–water partition coefficient (Wildman–Crippen LogP) is 6.65. The number of nitro groups is 1. The van der Waals surface area contributed by atoms with Gasteiger partial charge in [0.2, 0.25) is 11.8 Å². The topological polar surface area (TPSA) is 86.5 Å². The maximum atomic E-state index is 11.6. The number of hydrogen-bond donors (Lipinski definition) is 1. The average molecular weight is 506 g/mol. The molecule has 0 radical (unpaired) electrons. The van der Waals surface area contributed by atoms with Crippen LogP contribution in [0.3, 0.4) is 0 Å². The predicted molar refractivity (Wildman–Crippen MR) is 130 cm³/mol. The molecule has 7 nitrogen and oxygen atoms in total. The molecule has 0 amide bonds. The van der Waals surface area contributed by atoms with E-state index in [1.807, 2.05) is 60.7 Å². The van der Waals surface area contributed by atoms with Gasteiger partial charge in [-0.3, -0.25) is 10.1 Å². The van der Waals surface area contributed by atoms with Gasteiger partial charge >= 0.3 is 5.69 Å². The van der Waals surface area contributed by atoms with Crippen molar-refractivity contribution in [3.8, 4) is 11.8 Å². The zero-order valence-electron chi connectivity index (χ0n) is 17.5. The van der Waals surface area contributed by atoms with E-state index in [4.69, 9.17) is 9.47 Å². The number of nitro benzene ring substituents is 1. The van der Waals surface area contributed by atoms with Crippen molar-refractivity contribution >= 4 is 33.0 Å². The Bertz CT molecular complexity index is 1240. The van der Waals surface area contributed by atoms with Crippen LogP contribution in [-0.2, 0) is 13.2 Å². The Hall–Kier alpha value is -3.91. The number of rotatable bonds is 9. The van der Waals surface area contributed by atoms with Gasteiger partial charge in [0.1, 0.15) is 24.6 Å². The third-order valence-electron chi connectivity index (χ3n) is 4.72. The van der Waals surface area contributed by atoms with Crippen LogP contribution in [0.5, 0.6) is 11.8 Å². The first-order chi connectivity index (χ1) is 16.1. The van der Waals surface area contributed by atoms with Crippen molar-refractivity contribution in [2.75, 3.05) is 5.32 Å². The average Bonchev–Trinajstić information content (AvgIpc) is 2.83. The zero-order chi connectivity index (χ0) is 23.0. The van der Waals surface area contributed by atoms with E-state index in [1.165, 1.54) is 0 Å². The molecule has 1 aromatic heterocycles. The molecule has 0 unspecified atom stereocenters. The summed E-state index contributed by atoms with van der Waals surface area (Å²) in [5.74, 6) is 0.662. The van der Waals surface area contributed by atoms with Gasteiger partial charge < -0.3 is 14.8 Å². The summed E-state index contributed by atoms with van der Waals surface area (Å²) >= 11 is 3.25. The van der Waals surface area contributed by atoms with Gasteiger partial charge in [-0.1, -0.05) is 66.7 Å². The van der Waals surface area contributed by atoms with Crippen molar-refractivity contribution in [1.82, 2.24) is 4.98 Å². The molecule has 0 aliphatic carbocycles. The fraction of sp³-hybridized carbons (Fsp3) is 0.0800. The number of nitrogens with one attached hydrogen (secondary N) is 1. The molecule has 166 valence electrons. The SMILES string of the molecule is O=[N+]([O-])c1c(Br)cccc1Nc1ccc(OCc2ccccc2)nc1OCc1ccccc1. The fourth-order valence-electron chi connectivity index (χ4n) is 3.11. The van der Waals surface area contributed by atoms with E-state index in [0.29, 0.717) is 28.3 Å². The molecule has 0 spiro atoms. The largest absolute Gasteiger partial charge is 0.473 e. The Morgan fingerprint density at radius 1 is 0.788 bits per heavy atom. The third-order valence-corrected chi connectivity index (χ3v) is 5.36. The Morgan fingerprint density at radius 2 is 1.42 bits per heavy atom. The first-order valence-corrected chi connectivity index (χ1v) is 10.9. The molecule has 0 atom stereocenters. The van der Waals surface area contributed by atoms with Crippen LogP contribution in [0.15, 0.2) is 95.5 Å². The summed E-state index contributed by atoms with van der Waals surface area (Å²) in [5, 5.41) is 14.7. The standard InChI is InChI=1S/C25H20BrN3O4/c26-20-12-7-13-21(24(20)29(30)31)27-22-14-15-23(32-16-18-8-3-1-4-9-18)28-25(22)33-17-19-10-5-2-6-11-19/h1-15,27H,16-17H2. The first kappa shape index (κ1) is 22.3. The summed E-state index contributed by atoms with van der Waals surface area (Å²) < 4.78 is 12.2. The first-order valence-electron chi connectivity index (χ1n) is 10.1. The number of ether oxygens (including phenoxy) is 2. The van der Waals surface area contributed by atoms with Gasteiger partial charge in [-0.05, 0) is 45.3 Å². The molecule has 0 saturated heterocycles. The number of halogens is 1. The van der Waals surface area contributed by atoms with Crippen LogP contribution >= 0.6 is 15.9 Å². The minimum atomic E-state index is -0.443. The molecular weight excluding hydrogens is 486 g/mol. The smallest absolute Gasteiger partial charge is 0.306 e. The quantitative estimate of drug-likeness (QED) is 0.202. The van der Waals surface area contributed by atoms with Crippen LogP contribution in [0, 0.1) is 10.1 Å². The molecule has 0 fully saturated rings. The van der Waals surface area contributed by atoms with Gasteiger partial charge in [-0.25, -0.2) is 0 Å². The Labute approximate surface area is 199 Å². The summed E-state index contributed by atoms with van der Waals surface area (Å²) in [4.78, 5) is 15.6. The highest BCUT2D eigenvalue weighted by atomic mass is 79.9. The summed E-state index contributed by atoms with van der Waals surface area (Å²) in [6.07, 6.45) is 0. The van der Waals surface area contributed by atoms with E-state index in [1.54, 1.807) is 30.3 Å². The van der Waals surface area contributed by atoms with Crippen LogP contribution in [0.25, 0.3) is 0 Å². The second kappa shape index (κ2) is 10.6. The molecule has 0 saturated carbocycles. The van der Waals surface area contributed by atoms with E-state index in [-0.39, 0.29) is 18.2 Å². The van der Waals surface area contributed by atoms with Crippen LogP contribution in [-0.4, -0.2) is 9.91 Å². The summed E-state index contributed by atoms with van der Waals surface area (Å²) in [5.41, 5.74) is 2.71. The Balaban J connectivity index is 1.61. The Morgan fingerprint density at radius 3 is 2.06 bits per heavy atom. The molecule has 4 aromatic rings. The zero-order valence-corrected chi connectivity index (χ0v) is 19.1. The van der Waals surface area contributed by atoms with Crippen molar-refractivity contribution in [1.29, 1.82) is 0 Å². The number of hydrogen-bond acceptors (Lipinski definition) is 6. The molecule has 4 rings (SSSR count). The van der Waals surface area contributed by atoms with Crippen molar-refractivity contribution in [3.05, 3.63) is 117 Å². The lowest BCUT2D eigenvalue weighted by Gasteiger charge is -2.15. The second-order valence-electron chi connectivity index (χ2n) is 7.07. The van der Waals surface area contributed by atoms with Crippen LogP contribution < -0.4 is 14.8 Å². The number of aromatic nitrogens is 1. The Kier molecular flexibility index (Phi) is 7.16. The number of anilines is 2. The van der Waals surface area contributed by atoms with Crippen LogP contribution in [0.4, 0.5) is 17.1 Å². The van der Waals surface area contributed by atoms with Gasteiger partial charge in [0.05, 0.1) is 9.40 Å². The summed E-state index contributed by atoms with van der Waals surface area (Å²) in [6, 6.07) is 27.8. The third kappa shape index (κ3) is 5.87. The molecule has 0 bridgehead atoms. The van der Waals surface area contributed by atoms with E-state index in [0.717, 1.165) is 11.1 Å². The normalized spacial score (nSPS) is 10.5. The highest BCUT2D eigenvalue weighted by molar-refractivity contribution is 9.10. The number of para-hydroxylation sites is 1. The van der Waals surface area contributed by atoms with Crippen molar-refractivity contribution in [3.63, 3.8) is 0 Å². The molecule has 0 aliphatic heterocycles. The van der Waals surface area contributed by atoms with E-state index < -0.39 is 4.92 Å². The van der Waals surface area contributed by atoms with E-state index in [9.17, 15) is 10.1 Å². The number of benzene rings is 3. The van der Waals surface area contributed by atoms with Gasteiger partial charge in [-0.2, -0.15) is 4.98 Å². The molecule has 8 heteroatoms. The minimum absolute atomic E-state index is 0.0732. The lowest BCUT2D eigenvalue weighted by molar-refractivity contribution is -0.384. The van der Waals surface area contributed by atoms with Gasteiger partial charge in [0, 0.05) is 6.07 Å².